The summed E-state index contributed by atoms with van der Waals surface area (Å²) in [6.45, 7) is 7.28. The van der Waals surface area contributed by atoms with E-state index in [-0.39, 0.29) is 20.2 Å². The van der Waals surface area contributed by atoms with E-state index in [4.69, 9.17) is 18.5 Å². The highest BCUT2D eigenvalue weighted by atomic mass is 79.9. The number of halogens is 2. The molecule has 2 atom stereocenters. The van der Waals surface area contributed by atoms with Crippen molar-refractivity contribution in [2.24, 2.45) is 0 Å². The van der Waals surface area contributed by atoms with Gasteiger partial charge in [0.05, 0.1) is 23.9 Å². The summed E-state index contributed by atoms with van der Waals surface area (Å²) in [7, 11) is -7.46. The minimum atomic E-state index is -3.73. The Morgan fingerprint density at radius 2 is 1.11 bits per heavy atom. The monoisotopic (exact) mass is 808 g/mol. The van der Waals surface area contributed by atoms with Crippen LogP contribution in [0.5, 0.6) is 0 Å². The minimum absolute atomic E-state index is 0.0671. The van der Waals surface area contributed by atoms with Crippen molar-refractivity contribution in [3.63, 3.8) is 0 Å². The summed E-state index contributed by atoms with van der Waals surface area (Å²) in [5, 5.41) is 7.40. The fourth-order valence-electron chi connectivity index (χ4n) is 4.04. The van der Waals surface area contributed by atoms with Crippen LogP contribution in [-0.4, -0.2) is 27.1 Å². The normalized spacial score (nSPS) is 21.0. The van der Waals surface area contributed by atoms with Crippen LogP contribution in [0.1, 0.15) is 47.8 Å². The zero-order valence-electron chi connectivity index (χ0n) is 23.6. The first-order valence-electron chi connectivity index (χ1n) is 12.8. The maximum absolute atomic E-state index is 12.4. The summed E-state index contributed by atoms with van der Waals surface area (Å²) in [4.78, 5) is 1.70. The number of hydrogen-bond acceptors (Lipinski definition) is 12. The standard InChI is InChI=1S/2C13H13BrN2O4S2/c2*1-8-11(14)12(20-15-8)16-22(17,18)10-5-4-9(21-10)13(2)6-3-7-19-13/h2*3-5,7,16H,6H2,1-2H3. The molecular weight excluding hydrogens is 784 g/mol. The molecule has 0 aromatic carbocycles. The van der Waals surface area contributed by atoms with Crippen LogP contribution < -0.4 is 9.44 Å². The van der Waals surface area contributed by atoms with Gasteiger partial charge in [-0.3, -0.25) is 0 Å². The molecule has 6 rings (SSSR count). The zero-order valence-corrected chi connectivity index (χ0v) is 30.0. The van der Waals surface area contributed by atoms with Gasteiger partial charge in [-0.15, -0.1) is 22.7 Å². The highest BCUT2D eigenvalue weighted by Gasteiger charge is 2.34. The summed E-state index contributed by atoms with van der Waals surface area (Å²) < 4.78 is 76.9. The molecule has 2 N–H and O–H groups in total. The summed E-state index contributed by atoms with van der Waals surface area (Å²) >= 11 is 8.82. The Kier molecular flexibility index (Phi) is 9.14. The molecule has 12 nitrogen and oxygen atoms in total. The van der Waals surface area contributed by atoms with E-state index in [1.807, 2.05) is 26.0 Å². The van der Waals surface area contributed by atoms with Crippen molar-refractivity contribution >= 4 is 86.3 Å². The third-order valence-electron chi connectivity index (χ3n) is 6.63. The summed E-state index contributed by atoms with van der Waals surface area (Å²) in [6, 6.07) is 6.67. The molecule has 2 aliphatic heterocycles. The number of aryl methyl sites for hydroxylation is 2. The number of rotatable bonds is 8. The zero-order chi connectivity index (χ0) is 31.9. The van der Waals surface area contributed by atoms with Crippen LogP contribution >= 0.6 is 54.5 Å². The van der Waals surface area contributed by atoms with Crippen LogP contribution in [0.3, 0.4) is 0 Å². The number of nitrogens with one attached hydrogen (secondary N) is 2. The lowest BCUT2D eigenvalue weighted by atomic mass is 10.0. The molecule has 0 amide bonds. The average Bonchev–Trinajstić information content (AvgIpc) is 3.81. The van der Waals surface area contributed by atoms with Crippen molar-refractivity contribution in [1.82, 2.24) is 10.3 Å². The highest BCUT2D eigenvalue weighted by Crippen LogP contribution is 2.41. The van der Waals surface area contributed by atoms with Crippen LogP contribution in [0.4, 0.5) is 11.8 Å². The molecule has 0 radical (unpaired) electrons. The second-order valence-electron chi connectivity index (χ2n) is 10.1. The smallest absolute Gasteiger partial charge is 0.273 e. The topological polar surface area (TPSA) is 163 Å². The number of thiophene rings is 2. The molecule has 0 saturated carbocycles. The first kappa shape index (κ1) is 32.7. The number of anilines is 2. The quantitative estimate of drug-likeness (QED) is 0.182. The van der Waals surface area contributed by atoms with Gasteiger partial charge in [0.1, 0.15) is 28.6 Å². The number of ether oxygens (including phenoxy) is 2. The third kappa shape index (κ3) is 6.64. The largest absolute Gasteiger partial charge is 0.490 e. The van der Waals surface area contributed by atoms with E-state index in [9.17, 15) is 16.8 Å². The Morgan fingerprint density at radius 1 is 0.727 bits per heavy atom. The Labute approximate surface area is 278 Å². The van der Waals surface area contributed by atoms with Gasteiger partial charge < -0.3 is 18.5 Å². The molecule has 2 unspecified atom stereocenters. The van der Waals surface area contributed by atoms with Crippen LogP contribution in [-0.2, 0) is 40.7 Å². The molecule has 0 fully saturated rings. The second-order valence-corrected chi connectivity index (χ2v) is 17.7. The van der Waals surface area contributed by atoms with E-state index in [0.717, 1.165) is 9.75 Å². The van der Waals surface area contributed by atoms with Gasteiger partial charge in [-0.2, -0.15) is 0 Å². The van der Waals surface area contributed by atoms with E-state index >= 15 is 0 Å². The van der Waals surface area contributed by atoms with Crippen LogP contribution in [0.25, 0.3) is 0 Å². The maximum Gasteiger partial charge on any atom is 0.273 e. The minimum Gasteiger partial charge on any atom is -0.490 e. The molecular formula is C26H26Br2N4O8S4. The van der Waals surface area contributed by atoms with Crippen LogP contribution in [0, 0.1) is 13.8 Å². The maximum atomic E-state index is 12.4. The van der Waals surface area contributed by atoms with Gasteiger partial charge in [-0.1, -0.05) is 10.3 Å². The van der Waals surface area contributed by atoms with Gasteiger partial charge in [-0.25, -0.2) is 26.3 Å². The van der Waals surface area contributed by atoms with E-state index in [0.29, 0.717) is 33.2 Å². The van der Waals surface area contributed by atoms with E-state index in [1.54, 1.807) is 50.6 Å². The second kappa shape index (κ2) is 12.3. The Balaban J connectivity index is 0.000000175. The fourth-order valence-corrected chi connectivity index (χ4v) is 9.59. The van der Waals surface area contributed by atoms with Gasteiger partial charge in [0.15, 0.2) is 0 Å². The highest BCUT2D eigenvalue weighted by molar-refractivity contribution is 9.11. The van der Waals surface area contributed by atoms with Crippen LogP contribution in [0.2, 0.25) is 0 Å². The average molecular weight is 811 g/mol. The van der Waals surface area contributed by atoms with Crippen molar-refractivity contribution in [2.75, 3.05) is 9.44 Å². The molecule has 0 saturated heterocycles. The van der Waals surface area contributed by atoms with Crippen molar-refractivity contribution in [3.05, 3.63) is 79.0 Å². The Morgan fingerprint density at radius 3 is 1.41 bits per heavy atom. The number of sulfonamides is 2. The number of nitrogens with zero attached hydrogens (tertiary/aromatic N) is 2. The van der Waals surface area contributed by atoms with Gasteiger partial charge in [0.2, 0.25) is 0 Å². The fraction of sp³-hybridized carbons (Fsp3) is 0.308. The molecule has 2 aliphatic rings. The lowest BCUT2D eigenvalue weighted by molar-refractivity contribution is 0.0643. The number of aromatic nitrogens is 2. The van der Waals surface area contributed by atoms with Crippen molar-refractivity contribution in [3.8, 4) is 0 Å². The third-order valence-corrected chi connectivity index (χ3v) is 14.8. The molecule has 4 aromatic heterocycles. The van der Waals surface area contributed by atoms with E-state index in [1.165, 1.54) is 22.7 Å². The summed E-state index contributed by atoms with van der Waals surface area (Å²) in [5.41, 5.74) is 0.147. The lowest BCUT2D eigenvalue weighted by Gasteiger charge is -2.21. The van der Waals surface area contributed by atoms with Gasteiger partial charge in [0.25, 0.3) is 31.8 Å². The molecule has 18 heteroatoms. The molecule has 0 spiro atoms. The molecule has 6 heterocycles. The van der Waals surface area contributed by atoms with E-state index < -0.39 is 31.2 Å². The molecule has 236 valence electrons. The SMILES string of the molecule is Cc1noc(NS(=O)(=O)c2ccc(C3(C)CC=CO3)s2)c1Br.Cc1noc(NS(=O)(=O)c2ccc(C3(C)CC=CO3)s2)c1Br. The van der Waals surface area contributed by atoms with Crippen molar-refractivity contribution in [1.29, 1.82) is 0 Å². The molecule has 44 heavy (non-hydrogen) atoms. The molecule has 0 bridgehead atoms. The van der Waals surface area contributed by atoms with E-state index in [2.05, 4.69) is 51.6 Å². The van der Waals surface area contributed by atoms with Gasteiger partial charge in [0, 0.05) is 22.6 Å². The number of hydrogen-bond donors (Lipinski definition) is 2. The van der Waals surface area contributed by atoms with Crippen molar-refractivity contribution < 1.29 is 35.4 Å². The van der Waals surface area contributed by atoms with Gasteiger partial charge in [-0.05, 0) is 96.0 Å². The van der Waals surface area contributed by atoms with Crippen LogP contribution in [0.15, 0.2) is 75.4 Å². The molecule has 0 aliphatic carbocycles. The van der Waals surface area contributed by atoms with Gasteiger partial charge >= 0.3 is 0 Å². The first-order valence-corrected chi connectivity index (χ1v) is 19.0. The lowest BCUT2D eigenvalue weighted by Crippen LogP contribution is -2.17. The predicted molar refractivity (Wildman–Crippen MR) is 173 cm³/mol. The van der Waals surface area contributed by atoms with Crippen molar-refractivity contribution in [2.45, 2.75) is 60.2 Å². The summed E-state index contributed by atoms with van der Waals surface area (Å²) in [5.74, 6) is 0.134. The summed E-state index contributed by atoms with van der Waals surface area (Å²) in [6.07, 6.45) is 8.54. The molecule has 4 aromatic rings. The Hall–Kier alpha value is -2.64. The predicted octanol–water partition coefficient (Wildman–Crippen LogP) is 7.51. The first-order chi connectivity index (χ1) is 20.6. The Bertz CT molecular complexity index is 1800.